The highest BCUT2D eigenvalue weighted by Crippen LogP contribution is 2.53. The Hall–Kier alpha value is -2.87. The lowest BCUT2D eigenvalue weighted by atomic mass is 10.1. The lowest BCUT2D eigenvalue weighted by molar-refractivity contribution is 0.610. The van der Waals surface area contributed by atoms with Gasteiger partial charge in [0.1, 0.15) is 5.82 Å². The molecule has 2 aliphatic carbocycles. The number of thioether (sulfide) groups is 1. The second-order valence-corrected chi connectivity index (χ2v) is 8.44. The number of fused-ring (bicyclic) bond motifs is 1. The van der Waals surface area contributed by atoms with Crippen LogP contribution in [0.4, 0.5) is 11.8 Å². The maximum absolute atomic E-state index is 12.0. The summed E-state index contributed by atoms with van der Waals surface area (Å²) in [6, 6.07) is 9.76. The highest BCUT2D eigenvalue weighted by Gasteiger charge is 2.54. The van der Waals surface area contributed by atoms with Crippen molar-refractivity contribution in [3.8, 4) is 5.69 Å². The van der Waals surface area contributed by atoms with Crippen molar-refractivity contribution in [3.63, 3.8) is 0 Å². The Morgan fingerprint density at radius 3 is 2.45 bits per heavy atom. The maximum atomic E-state index is 12.0. The minimum Gasteiger partial charge on any atom is -0.367 e. The Bertz CT molecular complexity index is 1050. The first kappa shape index (κ1) is 18.2. The van der Waals surface area contributed by atoms with Crippen molar-refractivity contribution in [3.05, 3.63) is 65.5 Å². The molecule has 3 aromatic heterocycles. The van der Waals surface area contributed by atoms with Crippen LogP contribution in [0.3, 0.4) is 0 Å². The Kier molecular flexibility index (Phi) is 4.71. The largest absolute Gasteiger partial charge is 0.367 e. The summed E-state index contributed by atoms with van der Waals surface area (Å²) in [4.78, 5) is 26.4. The number of hydrogen-bond donors (Lipinski definition) is 2. The summed E-state index contributed by atoms with van der Waals surface area (Å²) in [5.41, 5.74) is 0.704. The standard InChI is InChI=1S/C21H22N6OS/c1-29-14-11-23-21(24-12-14)26-18-9-17(15-8-16(15)18)25-19-6-5-13(10-22-19)27-7-3-2-4-20(27)28/h2-7,10-12,15-18H,8-9H2,1H3,(H,22,25)(H,23,24,26)/t15-,16-,17+,18+/m0/s1. The molecule has 2 saturated carbocycles. The van der Waals surface area contributed by atoms with E-state index in [9.17, 15) is 4.79 Å². The van der Waals surface area contributed by atoms with Gasteiger partial charge in [0.15, 0.2) is 0 Å². The van der Waals surface area contributed by atoms with Crippen LogP contribution in [0, 0.1) is 11.8 Å². The third-order valence-corrected chi connectivity index (χ3v) is 6.48. The first-order valence-corrected chi connectivity index (χ1v) is 11.0. The van der Waals surface area contributed by atoms with Crippen LogP contribution >= 0.6 is 11.8 Å². The zero-order valence-electron chi connectivity index (χ0n) is 16.0. The van der Waals surface area contributed by atoms with E-state index < -0.39 is 0 Å². The number of rotatable bonds is 6. The Morgan fingerprint density at radius 1 is 0.966 bits per heavy atom. The van der Waals surface area contributed by atoms with Gasteiger partial charge in [-0.1, -0.05) is 6.07 Å². The van der Waals surface area contributed by atoms with Crippen molar-refractivity contribution >= 4 is 23.5 Å². The molecule has 0 amide bonds. The lowest BCUT2D eigenvalue weighted by Gasteiger charge is -2.19. The lowest BCUT2D eigenvalue weighted by Crippen LogP contribution is -2.26. The number of hydrogen-bond acceptors (Lipinski definition) is 7. The van der Waals surface area contributed by atoms with E-state index in [1.165, 1.54) is 6.42 Å². The summed E-state index contributed by atoms with van der Waals surface area (Å²) < 4.78 is 1.59. The number of nitrogens with one attached hydrogen (secondary N) is 2. The van der Waals surface area contributed by atoms with Crippen LogP contribution in [-0.4, -0.2) is 37.9 Å². The molecule has 148 valence electrons. The van der Waals surface area contributed by atoms with Crippen molar-refractivity contribution in [2.45, 2.75) is 29.8 Å². The highest BCUT2D eigenvalue weighted by molar-refractivity contribution is 7.98. The normalized spacial score (nSPS) is 24.7. The summed E-state index contributed by atoms with van der Waals surface area (Å²) in [5.74, 6) is 2.87. The average molecular weight is 407 g/mol. The molecule has 5 rings (SSSR count). The van der Waals surface area contributed by atoms with E-state index in [1.54, 1.807) is 40.9 Å². The molecule has 7 nitrogen and oxygen atoms in total. The van der Waals surface area contributed by atoms with Crippen LogP contribution in [0.5, 0.6) is 0 Å². The molecule has 0 aliphatic heterocycles. The van der Waals surface area contributed by atoms with Gasteiger partial charge >= 0.3 is 0 Å². The molecule has 0 bridgehead atoms. The molecule has 0 unspecified atom stereocenters. The van der Waals surface area contributed by atoms with Gasteiger partial charge in [0.2, 0.25) is 5.95 Å². The van der Waals surface area contributed by atoms with Crippen LogP contribution in [0.25, 0.3) is 5.69 Å². The second-order valence-electron chi connectivity index (χ2n) is 7.56. The van der Waals surface area contributed by atoms with Gasteiger partial charge in [0, 0.05) is 41.6 Å². The summed E-state index contributed by atoms with van der Waals surface area (Å²) in [6.07, 6.45) is 11.5. The smallest absolute Gasteiger partial charge is 0.255 e. The summed E-state index contributed by atoms with van der Waals surface area (Å²) in [5, 5.41) is 7.08. The quantitative estimate of drug-likeness (QED) is 0.609. The monoisotopic (exact) mass is 406 g/mol. The molecule has 8 heteroatoms. The van der Waals surface area contributed by atoms with E-state index in [2.05, 4.69) is 25.6 Å². The van der Waals surface area contributed by atoms with E-state index in [1.807, 2.05) is 36.8 Å². The Balaban J connectivity index is 1.23. The predicted molar refractivity (Wildman–Crippen MR) is 115 cm³/mol. The third kappa shape index (κ3) is 3.72. The number of nitrogens with zero attached hydrogens (tertiary/aromatic N) is 4. The van der Waals surface area contributed by atoms with Crippen LogP contribution in [-0.2, 0) is 0 Å². The van der Waals surface area contributed by atoms with Crippen molar-refractivity contribution < 1.29 is 0 Å². The molecule has 29 heavy (non-hydrogen) atoms. The van der Waals surface area contributed by atoms with E-state index in [4.69, 9.17) is 0 Å². The number of aromatic nitrogens is 4. The molecule has 0 saturated heterocycles. The molecule has 4 atom stereocenters. The number of pyridine rings is 2. The van der Waals surface area contributed by atoms with Gasteiger partial charge in [-0.3, -0.25) is 9.36 Å². The van der Waals surface area contributed by atoms with E-state index in [-0.39, 0.29) is 5.56 Å². The third-order valence-electron chi connectivity index (χ3n) is 5.79. The van der Waals surface area contributed by atoms with Crippen molar-refractivity contribution in [2.24, 2.45) is 11.8 Å². The molecule has 0 radical (unpaired) electrons. The minimum absolute atomic E-state index is 0.0617. The first-order valence-electron chi connectivity index (χ1n) is 9.74. The van der Waals surface area contributed by atoms with Crippen LogP contribution in [0.15, 0.2) is 64.8 Å². The van der Waals surface area contributed by atoms with Crippen LogP contribution in [0.1, 0.15) is 12.8 Å². The van der Waals surface area contributed by atoms with Gasteiger partial charge in [-0.25, -0.2) is 15.0 Å². The molecule has 3 heterocycles. The predicted octanol–water partition coefficient (Wildman–Crippen LogP) is 3.05. The fourth-order valence-electron chi connectivity index (χ4n) is 4.22. The second kappa shape index (κ2) is 7.51. The summed E-state index contributed by atoms with van der Waals surface area (Å²) >= 11 is 1.64. The van der Waals surface area contributed by atoms with Gasteiger partial charge in [-0.2, -0.15) is 0 Å². The topological polar surface area (TPSA) is 84.7 Å². The fourth-order valence-corrected chi connectivity index (χ4v) is 4.54. The Morgan fingerprint density at radius 2 is 1.76 bits per heavy atom. The summed E-state index contributed by atoms with van der Waals surface area (Å²) in [6.45, 7) is 0. The van der Waals surface area contributed by atoms with E-state index >= 15 is 0 Å². The number of anilines is 2. The van der Waals surface area contributed by atoms with Gasteiger partial charge in [0.05, 0.1) is 11.9 Å². The molecule has 2 aliphatic rings. The van der Waals surface area contributed by atoms with E-state index in [0.29, 0.717) is 29.9 Å². The molecule has 0 aromatic carbocycles. The van der Waals surface area contributed by atoms with Gasteiger partial charge < -0.3 is 10.6 Å². The van der Waals surface area contributed by atoms with Gasteiger partial charge in [-0.15, -0.1) is 11.8 Å². The maximum Gasteiger partial charge on any atom is 0.255 e. The molecule has 3 aromatic rings. The molecule has 2 fully saturated rings. The molecule has 0 spiro atoms. The van der Waals surface area contributed by atoms with Crippen molar-refractivity contribution in [1.29, 1.82) is 0 Å². The Labute approximate surface area is 173 Å². The van der Waals surface area contributed by atoms with Crippen LogP contribution in [0.2, 0.25) is 0 Å². The zero-order chi connectivity index (χ0) is 19.8. The SMILES string of the molecule is CSc1cnc(N[C@@H]2C[C@@H](Nc3ccc(-n4ccccc4=O)cn3)[C@H]3C[C@@H]32)nc1. The zero-order valence-corrected chi connectivity index (χ0v) is 16.8. The van der Waals surface area contributed by atoms with Crippen LogP contribution < -0.4 is 16.2 Å². The molecular formula is C21H22N6OS. The molecular weight excluding hydrogens is 384 g/mol. The summed E-state index contributed by atoms with van der Waals surface area (Å²) in [7, 11) is 0. The van der Waals surface area contributed by atoms with E-state index in [0.717, 1.165) is 22.8 Å². The first-order chi connectivity index (χ1) is 14.2. The average Bonchev–Trinajstić information content (AvgIpc) is 3.49. The fraction of sp³-hybridized carbons (Fsp3) is 0.333. The van der Waals surface area contributed by atoms with Crippen molar-refractivity contribution in [2.75, 3.05) is 16.9 Å². The minimum atomic E-state index is -0.0617. The van der Waals surface area contributed by atoms with Gasteiger partial charge in [-0.05, 0) is 49.1 Å². The molecule has 2 N–H and O–H groups in total. The van der Waals surface area contributed by atoms with Crippen molar-refractivity contribution in [1.82, 2.24) is 19.5 Å². The van der Waals surface area contributed by atoms with Gasteiger partial charge in [0.25, 0.3) is 5.56 Å². The highest BCUT2D eigenvalue weighted by atomic mass is 32.2.